The Kier molecular flexibility index (Phi) is 3.84. The molecule has 0 bridgehead atoms. The van der Waals surface area contributed by atoms with Crippen LogP contribution in [0.15, 0.2) is 70.6 Å². The summed E-state index contributed by atoms with van der Waals surface area (Å²) < 4.78 is 0. The fourth-order valence-electron chi connectivity index (χ4n) is 2.14. The van der Waals surface area contributed by atoms with Gasteiger partial charge in [0, 0.05) is 11.4 Å². The third-order valence-corrected chi connectivity index (χ3v) is 4.32. The molecule has 1 aliphatic rings. The number of nitrogens with one attached hydrogen (secondary N) is 1. The fraction of sp³-hybridized carbons (Fsp3) is 0.188. The summed E-state index contributed by atoms with van der Waals surface area (Å²) in [5.74, 6) is 1.10. The molecule has 0 fully saturated rings. The first-order chi connectivity index (χ1) is 9.43. The molecule has 0 radical (unpaired) electrons. The van der Waals surface area contributed by atoms with Gasteiger partial charge in [-0.05, 0) is 17.7 Å². The lowest BCUT2D eigenvalue weighted by Gasteiger charge is -2.17. The van der Waals surface area contributed by atoms with Gasteiger partial charge >= 0.3 is 0 Å². The molecule has 3 heteroatoms. The van der Waals surface area contributed by atoms with Crippen molar-refractivity contribution >= 4 is 17.6 Å². The van der Waals surface area contributed by atoms with Crippen LogP contribution in [-0.4, -0.2) is 18.9 Å². The van der Waals surface area contributed by atoms with Gasteiger partial charge in [0.05, 0.1) is 11.8 Å². The van der Waals surface area contributed by atoms with Crippen molar-refractivity contribution in [3.05, 3.63) is 66.2 Å². The maximum absolute atomic E-state index is 4.59. The van der Waals surface area contributed by atoms with Crippen LogP contribution in [-0.2, 0) is 0 Å². The van der Waals surface area contributed by atoms with Crippen molar-refractivity contribution < 1.29 is 0 Å². The van der Waals surface area contributed by atoms with E-state index >= 15 is 0 Å². The van der Waals surface area contributed by atoms with Gasteiger partial charge in [-0.3, -0.25) is 4.99 Å². The molecule has 0 aromatic heterocycles. The van der Waals surface area contributed by atoms with Gasteiger partial charge in [-0.1, -0.05) is 48.5 Å². The third-order valence-electron chi connectivity index (χ3n) is 3.05. The Morgan fingerprint density at radius 2 is 1.63 bits per heavy atom. The second kappa shape index (κ2) is 5.93. The van der Waals surface area contributed by atoms with Gasteiger partial charge in [0.1, 0.15) is 5.84 Å². The van der Waals surface area contributed by atoms with E-state index in [-0.39, 0.29) is 5.25 Å². The van der Waals surface area contributed by atoms with Crippen molar-refractivity contribution in [2.45, 2.75) is 10.1 Å². The molecule has 96 valence electrons. The highest BCUT2D eigenvalue weighted by atomic mass is 32.2. The molecule has 0 saturated heterocycles. The minimum atomic E-state index is 0.256. The highest BCUT2D eigenvalue weighted by Crippen LogP contribution is 2.36. The maximum Gasteiger partial charge on any atom is 0.114 e. The zero-order valence-corrected chi connectivity index (χ0v) is 11.4. The molecule has 0 spiro atoms. The highest BCUT2D eigenvalue weighted by Gasteiger charge is 2.21. The van der Waals surface area contributed by atoms with Crippen molar-refractivity contribution in [2.24, 2.45) is 4.99 Å². The van der Waals surface area contributed by atoms with Crippen molar-refractivity contribution in [3.63, 3.8) is 0 Å². The molecule has 2 aromatic rings. The molecule has 3 rings (SSSR count). The standard InChI is InChI=1S/C16H16N2S/c1-3-7-13(8-4-1)15(16-17-11-12-18-16)19-14-9-5-2-6-10-14/h1-10,15H,11-12H2,(H,17,18). The Hall–Kier alpha value is -1.74. The lowest BCUT2D eigenvalue weighted by atomic mass is 10.1. The lowest BCUT2D eigenvalue weighted by Crippen LogP contribution is -2.23. The smallest absolute Gasteiger partial charge is 0.114 e. The molecular weight excluding hydrogens is 252 g/mol. The van der Waals surface area contributed by atoms with Gasteiger partial charge in [0.2, 0.25) is 0 Å². The Morgan fingerprint density at radius 1 is 0.947 bits per heavy atom. The van der Waals surface area contributed by atoms with Crippen LogP contribution in [0, 0.1) is 0 Å². The Labute approximate surface area is 118 Å². The average Bonchev–Trinajstić information content (AvgIpc) is 3.01. The summed E-state index contributed by atoms with van der Waals surface area (Å²) in [5.41, 5.74) is 1.30. The summed E-state index contributed by atoms with van der Waals surface area (Å²) in [6.07, 6.45) is 0. The Bertz CT molecular complexity index is 551. The molecule has 1 heterocycles. The van der Waals surface area contributed by atoms with Crippen molar-refractivity contribution in [1.82, 2.24) is 5.32 Å². The van der Waals surface area contributed by atoms with Crippen LogP contribution < -0.4 is 5.32 Å². The second-order valence-electron chi connectivity index (χ2n) is 4.42. The van der Waals surface area contributed by atoms with E-state index in [1.54, 1.807) is 0 Å². The van der Waals surface area contributed by atoms with Gasteiger partial charge in [-0.15, -0.1) is 11.8 Å². The third kappa shape index (κ3) is 2.99. The monoisotopic (exact) mass is 268 g/mol. The fourth-order valence-corrected chi connectivity index (χ4v) is 3.29. The molecule has 19 heavy (non-hydrogen) atoms. The lowest BCUT2D eigenvalue weighted by molar-refractivity contribution is 0.951. The number of hydrogen-bond donors (Lipinski definition) is 1. The van der Waals surface area contributed by atoms with E-state index in [2.05, 4.69) is 64.9 Å². The number of aliphatic imine (C=N–C) groups is 1. The van der Waals surface area contributed by atoms with Gasteiger partial charge in [0.15, 0.2) is 0 Å². The topological polar surface area (TPSA) is 24.4 Å². The van der Waals surface area contributed by atoms with Gasteiger partial charge in [-0.25, -0.2) is 0 Å². The zero-order chi connectivity index (χ0) is 12.9. The van der Waals surface area contributed by atoms with E-state index in [0.29, 0.717) is 0 Å². The van der Waals surface area contributed by atoms with E-state index < -0.39 is 0 Å². The van der Waals surface area contributed by atoms with E-state index in [1.165, 1.54) is 10.5 Å². The second-order valence-corrected chi connectivity index (χ2v) is 5.59. The number of thioether (sulfide) groups is 1. The molecular formula is C16H16N2S. The summed E-state index contributed by atoms with van der Waals surface area (Å²) in [5, 5.41) is 3.66. The Morgan fingerprint density at radius 3 is 2.26 bits per heavy atom. The van der Waals surface area contributed by atoms with Crippen LogP contribution in [0.5, 0.6) is 0 Å². The normalized spacial score (nSPS) is 15.7. The molecule has 1 unspecified atom stereocenters. The summed E-state index contributed by atoms with van der Waals surface area (Å²) >= 11 is 1.85. The van der Waals surface area contributed by atoms with Crippen LogP contribution >= 0.6 is 11.8 Å². The average molecular weight is 268 g/mol. The van der Waals surface area contributed by atoms with Gasteiger partial charge in [0.25, 0.3) is 0 Å². The maximum atomic E-state index is 4.59. The van der Waals surface area contributed by atoms with Crippen molar-refractivity contribution in [3.8, 4) is 0 Å². The number of rotatable bonds is 4. The molecule has 0 amide bonds. The van der Waals surface area contributed by atoms with Crippen LogP contribution in [0.4, 0.5) is 0 Å². The van der Waals surface area contributed by atoms with Gasteiger partial charge in [-0.2, -0.15) is 0 Å². The minimum absolute atomic E-state index is 0.256. The van der Waals surface area contributed by atoms with E-state index in [9.17, 15) is 0 Å². The SMILES string of the molecule is c1ccc(SC(C2=NCCN2)c2ccccc2)cc1. The summed E-state index contributed by atoms with van der Waals surface area (Å²) in [7, 11) is 0. The van der Waals surface area contributed by atoms with E-state index in [4.69, 9.17) is 0 Å². The molecule has 2 nitrogen and oxygen atoms in total. The minimum Gasteiger partial charge on any atom is -0.371 e. The van der Waals surface area contributed by atoms with E-state index in [1.807, 2.05) is 17.8 Å². The molecule has 0 aliphatic carbocycles. The van der Waals surface area contributed by atoms with E-state index in [0.717, 1.165) is 18.9 Å². The van der Waals surface area contributed by atoms with Crippen LogP contribution in [0.1, 0.15) is 10.8 Å². The molecule has 1 aliphatic heterocycles. The predicted octanol–water partition coefficient (Wildman–Crippen LogP) is 3.52. The first kappa shape index (κ1) is 12.3. The first-order valence-electron chi connectivity index (χ1n) is 6.48. The van der Waals surface area contributed by atoms with Crippen LogP contribution in [0.25, 0.3) is 0 Å². The molecule has 0 saturated carbocycles. The van der Waals surface area contributed by atoms with Crippen LogP contribution in [0.2, 0.25) is 0 Å². The number of benzene rings is 2. The number of hydrogen-bond acceptors (Lipinski definition) is 3. The number of amidine groups is 1. The highest BCUT2D eigenvalue weighted by molar-refractivity contribution is 8.00. The molecule has 2 aromatic carbocycles. The summed E-state index contributed by atoms with van der Waals surface area (Å²) in [4.78, 5) is 5.86. The first-order valence-corrected chi connectivity index (χ1v) is 7.36. The van der Waals surface area contributed by atoms with Crippen LogP contribution in [0.3, 0.4) is 0 Å². The quantitative estimate of drug-likeness (QED) is 0.858. The van der Waals surface area contributed by atoms with Gasteiger partial charge < -0.3 is 5.32 Å². The summed E-state index contributed by atoms with van der Waals surface area (Å²) in [6.45, 7) is 1.84. The molecule has 1 N–H and O–H groups in total. The predicted molar refractivity (Wildman–Crippen MR) is 81.8 cm³/mol. The Balaban J connectivity index is 1.89. The summed E-state index contributed by atoms with van der Waals surface area (Å²) in [6, 6.07) is 21.1. The largest absolute Gasteiger partial charge is 0.371 e. The zero-order valence-electron chi connectivity index (χ0n) is 10.6. The van der Waals surface area contributed by atoms with Crippen molar-refractivity contribution in [2.75, 3.05) is 13.1 Å². The number of nitrogens with zero attached hydrogens (tertiary/aromatic N) is 1. The molecule has 1 atom stereocenters. The van der Waals surface area contributed by atoms with Crippen molar-refractivity contribution in [1.29, 1.82) is 0 Å².